The molecule has 0 unspecified atom stereocenters. The predicted octanol–water partition coefficient (Wildman–Crippen LogP) is 0.555. The zero-order valence-corrected chi connectivity index (χ0v) is 11.2. The Bertz CT molecular complexity index is 738. The third-order valence-corrected chi connectivity index (χ3v) is 3.61. The number of aryl methyl sites for hydroxylation is 1. The molecule has 2 heterocycles. The molecule has 2 aromatic rings. The van der Waals surface area contributed by atoms with E-state index in [4.69, 9.17) is 9.52 Å². The van der Waals surface area contributed by atoms with Crippen LogP contribution in [-0.2, 0) is 16.6 Å². The van der Waals surface area contributed by atoms with Gasteiger partial charge in [0.25, 0.3) is 10.0 Å². The third-order valence-electron chi connectivity index (χ3n) is 2.33. The summed E-state index contributed by atoms with van der Waals surface area (Å²) in [6, 6.07) is 3.73. The van der Waals surface area contributed by atoms with Crippen molar-refractivity contribution in [3.05, 3.63) is 41.7 Å². The smallest absolute Gasteiger partial charge is 0.371 e. The van der Waals surface area contributed by atoms with E-state index in [0.29, 0.717) is 11.5 Å². The molecule has 9 heteroatoms. The molecule has 0 aliphatic rings. The second-order valence-electron chi connectivity index (χ2n) is 3.84. The Balaban J connectivity index is 2.12. The number of nitrogens with zero attached hydrogens (tertiary/aromatic N) is 2. The highest BCUT2D eigenvalue weighted by Crippen LogP contribution is 2.14. The fraction of sp³-hybridized carbons (Fsp3) is 0.182. The first-order chi connectivity index (χ1) is 9.38. The van der Waals surface area contributed by atoms with Gasteiger partial charge in [-0.2, -0.15) is 0 Å². The summed E-state index contributed by atoms with van der Waals surface area (Å²) in [7, 11) is -3.92. The number of aromatic nitrogens is 2. The summed E-state index contributed by atoms with van der Waals surface area (Å²) in [5.74, 6) is -1.26. The van der Waals surface area contributed by atoms with Crippen LogP contribution in [0.4, 0.5) is 0 Å². The minimum Gasteiger partial charge on any atom is -0.475 e. The average molecular weight is 297 g/mol. The Morgan fingerprint density at radius 2 is 2.15 bits per heavy atom. The van der Waals surface area contributed by atoms with Crippen LogP contribution in [0.5, 0.6) is 0 Å². The van der Waals surface area contributed by atoms with Gasteiger partial charge in [-0.15, -0.1) is 0 Å². The largest absolute Gasteiger partial charge is 0.475 e. The lowest BCUT2D eigenvalue weighted by molar-refractivity contribution is 0.0656. The van der Waals surface area contributed by atoms with Gasteiger partial charge >= 0.3 is 5.97 Å². The summed E-state index contributed by atoms with van der Waals surface area (Å²) in [6.07, 6.45) is 1.52. The number of sulfonamides is 1. The number of nitrogens with one attached hydrogen (secondary N) is 1. The van der Waals surface area contributed by atoms with Crippen molar-refractivity contribution >= 4 is 16.0 Å². The summed E-state index contributed by atoms with van der Waals surface area (Å²) in [6.45, 7) is 1.64. The first-order valence-corrected chi connectivity index (χ1v) is 6.98. The third kappa shape index (κ3) is 3.19. The quantitative estimate of drug-likeness (QED) is 0.826. The monoisotopic (exact) mass is 297 g/mol. The van der Waals surface area contributed by atoms with Crippen molar-refractivity contribution in [2.24, 2.45) is 0 Å². The highest BCUT2D eigenvalue weighted by atomic mass is 32.2. The Morgan fingerprint density at radius 1 is 1.40 bits per heavy atom. The molecule has 20 heavy (non-hydrogen) atoms. The van der Waals surface area contributed by atoms with Gasteiger partial charge in [-0.3, -0.25) is 0 Å². The standard InChI is InChI=1S/C11H11N3O5S/c1-7-12-5-4-8(14-7)6-13-20(17,18)10-3-2-9(19-10)11(15)16/h2-5,13H,6H2,1H3,(H,15,16). The zero-order chi connectivity index (χ0) is 14.8. The molecule has 2 N–H and O–H groups in total. The minimum atomic E-state index is -3.92. The van der Waals surface area contributed by atoms with Crippen LogP contribution in [0, 0.1) is 6.92 Å². The summed E-state index contributed by atoms with van der Waals surface area (Å²) in [5, 5.41) is 8.22. The van der Waals surface area contributed by atoms with Gasteiger partial charge < -0.3 is 9.52 Å². The van der Waals surface area contributed by atoms with E-state index < -0.39 is 26.8 Å². The molecule has 0 spiro atoms. The lowest BCUT2D eigenvalue weighted by atomic mass is 10.4. The molecule has 0 amide bonds. The van der Waals surface area contributed by atoms with Gasteiger partial charge in [0, 0.05) is 6.20 Å². The Hall–Kier alpha value is -2.26. The summed E-state index contributed by atoms with van der Waals surface area (Å²) in [5.41, 5.74) is 0.492. The molecule has 0 atom stereocenters. The normalized spacial score (nSPS) is 11.4. The van der Waals surface area contributed by atoms with E-state index in [9.17, 15) is 13.2 Å². The van der Waals surface area contributed by atoms with Gasteiger partial charge in [0.05, 0.1) is 12.2 Å². The molecule has 0 fully saturated rings. The first-order valence-electron chi connectivity index (χ1n) is 5.50. The SMILES string of the molecule is Cc1nccc(CNS(=O)(=O)c2ccc(C(=O)O)o2)n1. The van der Waals surface area contributed by atoms with Crippen LogP contribution in [0.2, 0.25) is 0 Å². The molecule has 0 radical (unpaired) electrons. The maximum Gasteiger partial charge on any atom is 0.371 e. The number of rotatable bonds is 5. The van der Waals surface area contributed by atoms with Crippen LogP contribution in [-0.4, -0.2) is 29.5 Å². The first kappa shape index (κ1) is 14.2. The molecule has 0 saturated carbocycles. The highest BCUT2D eigenvalue weighted by Gasteiger charge is 2.20. The fourth-order valence-electron chi connectivity index (χ4n) is 1.42. The fourth-order valence-corrected chi connectivity index (χ4v) is 2.35. The van der Waals surface area contributed by atoms with Crippen molar-refractivity contribution in [2.75, 3.05) is 0 Å². The average Bonchev–Trinajstić information content (AvgIpc) is 2.87. The Kier molecular flexibility index (Phi) is 3.81. The van der Waals surface area contributed by atoms with Crippen molar-refractivity contribution < 1.29 is 22.7 Å². The van der Waals surface area contributed by atoms with E-state index in [-0.39, 0.29) is 6.54 Å². The molecular formula is C11H11N3O5S. The molecule has 0 aliphatic heterocycles. The maximum absolute atomic E-state index is 11.9. The number of carboxylic acids is 1. The van der Waals surface area contributed by atoms with Gasteiger partial charge in [0.2, 0.25) is 10.9 Å². The number of carboxylic acid groups (broad SMARTS) is 1. The Labute approximate surface area is 114 Å². The Morgan fingerprint density at radius 3 is 2.75 bits per heavy atom. The molecule has 0 saturated heterocycles. The summed E-state index contributed by atoms with van der Waals surface area (Å²) < 4.78 is 30.8. The molecule has 106 valence electrons. The zero-order valence-electron chi connectivity index (χ0n) is 10.4. The van der Waals surface area contributed by atoms with Gasteiger partial charge in [0.15, 0.2) is 0 Å². The molecular weight excluding hydrogens is 286 g/mol. The van der Waals surface area contributed by atoms with Crippen molar-refractivity contribution in [3.8, 4) is 0 Å². The van der Waals surface area contributed by atoms with Crippen molar-refractivity contribution in [1.29, 1.82) is 0 Å². The number of carbonyl (C=O) groups is 1. The van der Waals surface area contributed by atoms with Gasteiger partial charge in [-0.25, -0.2) is 27.9 Å². The maximum atomic E-state index is 11.9. The number of hydrogen-bond donors (Lipinski definition) is 2. The molecule has 0 bridgehead atoms. The number of aromatic carboxylic acids is 1. The number of furan rings is 1. The molecule has 2 rings (SSSR count). The molecule has 8 nitrogen and oxygen atoms in total. The topological polar surface area (TPSA) is 122 Å². The van der Waals surface area contributed by atoms with Crippen LogP contribution in [0.3, 0.4) is 0 Å². The van der Waals surface area contributed by atoms with E-state index >= 15 is 0 Å². The summed E-state index contributed by atoms with van der Waals surface area (Å²) >= 11 is 0. The van der Waals surface area contributed by atoms with Gasteiger partial charge in [0.1, 0.15) is 5.82 Å². The minimum absolute atomic E-state index is 0.0468. The van der Waals surface area contributed by atoms with Crippen LogP contribution >= 0.6 is 0 Å². The molecule has 0 aromatic carbocycles. The van der Waals surface area contributed by atoms with E-state index in [1.807, 2.05) is 0 Å². The molecule has 0 aliphatic carbocycles. The second kappa shape index (κ2) is 5.39. The van der Waals surface area contributed by atoms with E-state index in [2.05, 4.69) is 14.7 Å². The predicted molar refractivity (Wildman–Crippen MR) is 66.5 cm³/mol. The lowest BCUT2D eigenvalue weighted by Gasteiger charge is -2.04. The second-order valence-corrected chi connectivity index (χ2v) is 5.54. The number of hydrogen-bond acceptors (Lipinski definition) is 6. The van der Waals surface area contributed by atoms with Crippen molar-refractivity contribution in [2.45, 2.75) is 18.6 Å². The summed E-state index contributed by atoms with van der Waals surface area (Å²) in [4.78, 5) is 18.6. The van der Waals surface area contributed by atoms with Crippen LogP contribution < -0.4 is 4.72 Å². The highest BCUT2D eigenvalue weighted by molar-refractivity contribution is 7.89. The molecule has 2 aromatic heterocycles. The van der Waals surface area contributed by atoms with Crippen molar-refractivity contribution in [1.82, 2.24) is 14.7 Å². The van der Waals surface area contributed by atoms with E-state index in [1.165, 1.54) is 6.20 Å². The van der Waals surface area contributed by atoms with Crippen LogP contribution in [0.25, 0.3) is 0 Å². The van der Waals surface area contributed by atoms with Crippen LogP contribution in [0.1, 0.15) is 22.1 Å². The van der Waals surface area contributed by atoms with Gasteiger partial charge in [-0.05, 0) is 25.1 Å². The lowest BCUT2D eigenvalue weighted by Crippen LogP contribution is -2.23. The van der Waals surface area contributed by atoms with Gasteiger partial charge in [-0.1, -0.05) is 0 Å². The van der Waals surface area contributed by atoms with E-state index in [1.54, 1.807) is 13.0 Å². The van der Waals surface area contributed by atoms with E-state index in [0.717, 1.165) is 12.1 Å². The van der Waals surface area contributed by atoms with Crippen LogP contribution in [0.15, 0.2) is 33.9 Å². The van der Waals surface area contributed by atoms with Crippen molar-refractivity contribution in [3.63, 3.8) is 0 Å².